The first-order valence-electron chi connectivity index (χ1n) is 5.88. The van der Waals surface area contributed by atoms with Crippen molar-refractivity contribution < 1.29 is 19.1 Å². The molecule has 0 saturated heterocycles. The summed E-state index contributed by atoms with van der Waals surface area (Å²) in [5.74, 6) is -1.68. The van der Waals surface area contributed by atoms with Crippen LogP contribution in [0.5, 0.6) is 0 Å². The molecule has 0 saturated carbocycles. The lowest BCUT2D eigenvalue weighted by Gasteiger charge is -2.19. The monoisotopic (exact) mass is 342 g/mol. The first-order valence-corrected chi connectivity index (χ1v) is 6.67. The normalized spacial score (nSPS) is 11.8. The number of urea groups is 1. The number of esters is 1. The van der Waals surface area contributed by atoms with E-state index in [1.807, 2.05) is 5.32 Å². The molecule has 0 aromatic heterocycles. The van der Waals surface area contributed by atoms with E-state index in [9.17, 15) is 14.4 Å². The zero-order valence-corrected chi connectivity index (χ0v) is 12.6. The molecular formula is C13H15BrN2O4. The van der Waals surface area contributed by atoms with Crippen molar-refractivity contribution in [1.82, 2.24) is 5.32 Å². The zero-order valence-electron chi connectivity index (χ0n) is 11.1. The summed E-state index contributed by atoms with van der Waals surface area (Å²) in [6.45, 7) is 3.39. The molecule has 1 atom stereocenters. The average molecular weight is 343 g/mol. The van der Waals surface area contributed by atoms with Crippen LogP contribution in [-0.2, 0) is 9.53 Å². The van der Waals surface area contributed by atoms with Gasteiger partial charge in [0.2, 0.25) is 0 Å². The number of hydrogen-bond donors (Lipinski definition) is 2. The number of halogens is 1. The van der Waals surface area contributed by atoms with Gasteiger partial charge in [-0.15, -0.1) is 0 Å². The molecule has 1 aromatic carbocycles. The Balaban J connectivity index is 2.80. The number of nitrogens with two attached hydrogens (primary N) is 1. The molecule has 0 aliphatic heterocycles. The zero-order chi connectivity index (χ0) is 15.3. The summed E-state index contributed by atoms with van der Waals surface area (Å²) in [5, 5.41) is 1.91. The Bertz CT molecular complexity index is 514. The number of nitrogens with one attached hydrogen (secondary N) is 1. The standard InChI is InChI=1S/C13H15BrN2O4/c1-7(2)10(11(17)16-13(15)19)20-12(18)8-3-5-9(14)6-4-8/h3-7,10H,1-2H3,(H3,15,16,17,19)/t10-/m1/s1. The second-order valence-electron chi connectivity index (χ2n) is 4.43. The van der Waals surface area contributed by atoms with Crippen molar-refractivity contribution in [3.8, 4) is 0 Å². The number of carbonyl (C=O) groups excluding carboxylic acids is 3. The van der Waals surface area contributed by atoms with E-state index in [2.05, 4.69) is 15.9 Å². The molecular weight excluding hydrogens is 328 g/mol. The average Bonchev–Trinajstić information content (AvgIpc) is 2.35. The highest BCUT2D eigenvalue weighted by Crippen LogP contribution is 2.14. The van der Waals surface area contributed by atoms with E-state index >= 15 is 0 Å². The summed E-state index contributed by atoms with van der Waals surface area (Å²) in [6, 6.07) is 5.51. The number of carbonyl (C=O) groups is 3. The second-order valence-corrected chi connectivity index (χ2v) is 5.35. The van der Waals surface area contributed by atoms with Crippen LogP contribution in [0.2, 0.25) is 0 Å². The van der Waals surface area contributed by atoms with Gasteiger partial charge in [-0.05, 0) is 30.2 Å². The Morgan fingerprint density at radius 3 is 2.20 bits per heavy atom. The Kier molecular flexibility index (Phi) is 5.69. The summed E-state index contributed by atoms with van der Waals surface area (Å²) in [6.07, 6.45) is -1.08. The molecule has 1 rings (SSSR count). The van der Waals surface area contributed by atoms with E-state index in [0.29, 0.717) is 5.56 Å². The van der Waals surface area contributed by atoms with Crippen molar-refractivity contribution in [3.63, 3.8) is 0 Å². The minimum atomic E-state index is -1.08. The highest BCUT2D eigenvalue weighted by atomic mass is 79.9. The minimum Gasteiger partial charge on any atom is -0.448 e. The number of amides is 3. The molecule has 1 aromatic rings. The highest BCUT2D eigenvalue weighted by molar-refractivity contribution is 9.10. The van der Waals surface area contributed by atoms with Crippen LogP contribution in [0.25, 0.3) is 0 Å². The van der Waals surface area contributed by atoms with Crippen molar-refractivity contribution in [1.29, 1.82) is 0 Å². The van der Waals surface area contributed by atoms with Gasteiger partial charge in [-0.3, -0.25) is 10.1 Å². The molecule has 20 heavy (non-hydrogen) atoms. The predicted molar refractivity (Wildman–Crippen MR) is 75.9 cm³/mol. The molecule has 3 N–H and O–H groups in total. The molecule has 3 amide bonds. The Labute approximate surface area is 124 Å². The van der Waals surface area contributed by atoms with E-state index in [1.54, 1.807) is 38.1 Å². The molecule has 0 aliphatic rings. The van der Waals surface area contributed by atoms with Crippen molar-refractivity contribution in [3.05, 3.63) is 34.3 Å². The van der Waals surface area contributed by atoms with Crippen molar-refractivity contribution in [2.45, 2.75) is 20.0 Å². The summed E-state index contributed by atoms with van der Waals surface area (Å²) in [7, 11) is 0. The summed E-state index contributed by atoms with van der Waals surface area (Å²) >= 11 is 3.25. The van der Waals surface area contributed by atoms with Crippen molar-refractivity contribution in [2.24, 2.45) is 11.7 Å². The van der Waals surface area contributed by atoms with E-state index in [4.69, 9.17) is 10.5 Å². The second kappa shape index (κ2) is 7.04. The van der Waals surface area contributed by atoms with Gasteiger partial charge in [-0.1, -0.05) is 29.8 Å². The maximum absolute atomic E-state index is 11.9. The molecule has 0 bridgehead atoms. The fourth-order valence-electron chi connectivity index (χ4n) is 1.45. The van der Waals surface area contributed by atoms with Crippen LogP contribution in [0.3, 0.4) is 0 Å². The van der Waals surface area contributed by atoms with Gasteiger partial charge in [0.1, 0.15) is 0 Å². The Morgan fingerprint density at radius 1 is 1.20 bits per heavy atom. The molecule has 0 spiro atoms. The van der Waals surface area contributed by atoms with Gasteiger partial charge >= 0.3 is 12.0 Å². The molecule has 0 fully saturated rings. The van der Waals surface area contributed by atoms with E-state index in [1.165, 1.54) is 0 Å². The van der Waals surface area contributed by atoms with E-state index in [0.717, 1.165) is 4.47 Å². The van der Waals surface area contributed by atoms with Gasteiger partial charge in [0.25, 0.3) is 5.91 Å². The van der Waals surface area contributed by atoms with Gasteiger partial charge in [-0.2, -0.15) is 0 Å². The van der Waals surface area contributed by atoms with Crippen molar-refractivity contribution >= 4 is 33.8 Å². The quantitative estimate of drug-likeness (QED) is 0.815. The van der Waals surface area contributed by atoms with Gasteiger partial charge in [-0.25, -0.2) is 9.59 Å². The molecule has 0 heterocycles. The summed E-state index contributed by atoms with van der Waals surface area (Å²) in [4.78, 5) is 34.3. The van der Waals surface area contributed by atoms with E-state index in [-0.39, 0.29) is 5.92 Å². The third-order valence-corrected chi connectivity index (χ3v) is 2.95. The highest BCUT2D eigenvalue weighted by Gasteiger charge is 2.27. The number of rotatable bonds is 4. The molecule has 0 unspecified atom stereocenters. The number of hydrogen-bond acceptors (Lipinski definition) is 4. The number of primary amides is 1. The van der Waals surface area contributed by atoms with Crippen LogP contribution in [0.4, 0.5) is 4.79 Å². The lowest BCUT2D eigenvalue weighted by molar-refractivity contribution is -0.130. The maximum atomic E-state index is 11.9. The minimum absolute atomic E-state index is 0.297. The Morgan fingerprint density at radius 2 is 1.75 bits per heavy atom. The van der Waals surface area contributed by atoms with Gasteiger partial charge in [0.05, 0.1) is 5.56 Å². The van der Waals surface area contributed by atoms with Gasteiger partial charge in [0.15, 0.2) is 6.10 Å². The first-order chi connectivity index (χ1) is 9.31. The third kappa shape index (κ3) is 4.65. The molecule has 0 aliphatic carbocycles. The van der Waals surface area contributed by atoms with Crippen LogP contribution >= 0.6 is 15.9 Å². The Hall–Kier alpha value is -1.89. The number of ether oxygens (including phenoxy) is 1. The third-order valence-electron chi connectivity index (χ3n) is 2.42. The largest absolute Gasteiger partial charge is 0.448 e. The van der Waals surface area contributed by atoms with Crippen molar-refractivity contribution in [2.75, 3.05) is 0 Å². The summed E-state index contributed by atoms with van der Waals surface area (Å²) in [5.41, 5.74) is 5.18. The molecule has 7 heteroatoms. The lowest BCUT2D eigenvalue weighted by Crippen LogP contribution is -2.45. The number of imide groups is 1. The van der Waals surface area contributed by atoms with Gasteiger partial charge < -0.3 is 10.5 Å². The smallest absolute Gasteiger partial charge is 0.338 e. The fourth-order valence-corrected chi connectivity index (χ4v) is 1.72. The first kappa shape index (κ1) is 16.2. The molecule has 0 radical (unpaired) electrons. The summed E-state index contributed by atoms with van der Waals surface area (Å²) < 4.78 is 5.95. The topological polar surface area (TPSA) is 98.5 Å². The molecule has 6 nitrogen and oxygen atoms in total. The molecule has 108 valence electrons. The van der Waals surface area contributed by atoms with Crippen LogP contribution in [0.15, 0.2) is 28.7 Å². The van der Waals surface area contributed by atoms with Gasteiger partial charge in [0, 0.05) is 4.47 Å². The fraction of sp³-hybridized carbons (Fsp3) is 0.308. The lowest BCUT2D eigenvalue weighted by atomic mass is 10.1. The van der Waals surface area contributed by atoms with Crippen LogP contribution in [0.1, 0.15) is 24.2 Å². The van der Waals surface area contributed by atoms with Crippen LogP contribution in [0, 0.1) is 5.92 Å². The van der Waals surface area contributed by atoms with Crippen LogP contribution in [-0.4, -0.2) is 24.0 Å². The number of benzene rings is 1. The van der Waals surface area contributed by atoms with E-state index < -0.39 is 24.0 Å². The predicted octanol–water partition coefficient (Wildman–Crippen LogP) is 1.83. The van der Waals surface area contributed by atoms with Crippen LogP contribution < -0.4 is 11.1 Å². The SMILES string of the molecule is CC(C)[C@@H](OC(=O)c1ccc(Br)cc1)C(=O)NC(N)=O. The maximum Gasteiger partial charge on any atom is 0.338 e.